The summed E-state index contributed by atoms with van der Waals surface area (Å²) in [5.74, 6) is 0.560. The van der Waals surface area contributed by atoms with Crippen LogP contribution in [0.5, 0.6) is 0 Å². The number of allylic oxidation sites excluding steroid dienone is 1. The maximum atomic E-state index is 5.84. The van der Waals surface area contributed by atoms with Gasteiger partial charge in [-0.15, -0.1) is 0 Å². The average molecular weight is 394 g/mol. The number of nitrogens with zero attached hydrogens (tertiary/aromatic N) is 1. The van der Waals surface area contributed by atoms with E-state index in [4.69, 9.17) is 23.9 Å². The second-order valence-corrected chi connectivity index (χ2v) is 8.28. The van der Waals surface area contributed by atoms with Gasteiger partial charge in [0.15, 0.2) is 12.6 Å². The smallest absolute Gasteiger partial charge is 0.157 e. The van der Waals surface area contributed by atoms with E-state index >= 15 is 0 Å². The normalized spacial score (nSPS) is 30.0. The summed E-state index contributed by atoms with van der Waals surface area (Å²) < 4.78 is 22.9. The number of unbranched alkanes of at least 4 members (excludes halogenated alkanes) is 2. The monoisotopic (exact) mass is 393 g/mol. The van der Waals surface area contributed by atoms with Crippen LogP contribution in [0.1, 0.15) is 77.6 Å². The molecule has 3 aliphatic rings. The summed E-state index contributed by atoms with van der Waals surface area (Å²) >= 11 is 0. The molecule has 2 fully saturated rings. The van der Waals surface area contributed by atoms with Crippen LogP contribution < -0.4 is 0 Å². The predicted molar refractivity (Wildman–Crippen MR) is 112 cm³/mol. The van der Waals surface area contributed by atoms with Crippen molar-refractivity contribution in [2.45, 2.75) is 90.1 Å². The number of ether oxygens (including phenoxy) is 4. The minimum absolute atomic E-state index is 0.0326. The zero-order valence-corrected chi connectivity index (χ0v) is 17.7. The lowest BCUT2D eigenvalue weighted by molar-refractivity contribution is -0.162. The maximum Gasteiger partial charge on any atom is 0.157 e. The topological polar surface area (TPSA) is 49.3 Å². The molecule has 0 saturated carbocycles. The van der Waals surface area contributed by atoms with Crippen molar-refractivity contribution in [2.75, 3.05) is 33.0 Å². The molecule has 160 valence electrons. The van der Waals surface area contributed by atoms with Gasteiger partial charge in [-0.1, -0.05) is 13.0 Å². The van der Waals surface area contributed by atoms with Gasteiger partial charge in [0.1, 0.15) is 0 Å². The highest BCUT2D eigenvalue weighted by Gasteiger charge is 2.20. The van der Waals surface area contributed by atoms with Gasteiger partial charge in [0.25, 0.3) is 0 Å². The van der Waals surface area contributed by atoms with Crippen LogP contribution in [0.15, 0.2) is 16.6 Å². The quantitative estimate of drug-likeness (QED) is 0.461. The highest BCUT2D eigenvalue weighted by molar-refractivity contribution is 6.02. The number of rotatable bonds is 11. The molecule has 28 heavy (non-hydrogen) atoms. The van der Waals surface area contributed by atoms with Crippen LogP contribution in [0, 0.1) is 5.92 Å². The minimum atomic E-state index is 0.0326. The van der Waals surface area contributed by atoms with Crippen molar-refractivity contribution in [3.05, 3.63) is 11.6 Å². The molecule has 3 atom stereocenters. The van der Waals surface area contributed by atoms with Gasteiger partial charge in [-0.2, -0.15) is 0 Å². The Morgan fingerprint density at radius 2 is 1.61 bits per heavy atom. The fourth-order valence-electron chi connectivity index (χ4n) is 4.11. The predicted octanol–water partition coefficient (Wildman–Crippen LogP) is 5.04. The van der Waals surface area contributed by atoms with E-state index < -0.39 is 0 Å². The lowest BCUT2D eigenvalue weighted by Crippen LogP contribution is -2.22. The molecule has 0 aromatic heterocycles. The lowest BCUT2D eigenvalue weighted by atomic mass is 9.95. The summed E-state index contributed by atoms with van der Waals surface area (Å²) in [6.45, 7) is 6.53. The van der Waals surface area contributed by atoms with Crippen LogP contribution in [-0.4, -0.2) is 51.3 Å². The first kappa shape index (κ1) is 21.9. The van der Waals surface area contributed by atoms with E-state index in [0.717, 1.165) is 77.9 Å². The molecule has 0 N–H and O–H groups in total. The zero-order chi connectivity index (χ0) is 19.4. The Morgan fingerprint density at radius 1 is 0.929 bits per heavy atom. The largest absolute Gasteiger partial charge is 0.353 e. The Bertz CT molecular complexity index is 493. The van der Waals surface area contributed by atoms with Gasteiger partial charge < -0.3 is 18.9 Å². The third kappa shape index (κ3) is 7.58. The van der Waals surface area contributed by atoms with E-state index in [1.165, 1.54) is 37.0 Å². The van der Waals surface area contributed by atoms with Crippen LogP contribution in [0.25, 0.3) is 0 Å². The SMILES string of the molecule is CC1CN=C(CCCCOC2CCCCO2)/C1=C/CCCOC1CCCCO1. The molecule has 3 heterocycles. The third-order valence-corrected chi connectivity index (χ3v) is 5.82. The molecular formula is C23H39NO4. The summed E-state index contributed by atoms with van der Waals surface area (Å²) in [6.07, 6.45) is 14.8. The maximum absolute atomic E-state index is 5.84. The molecule has 0 radical (unpaired) electrons. The molecule has 5 heteroatoms. The second-order valence-electron chi connectivity index (χ2n) is 8.28. The first-order valence-electron chi connectivity index (χ1n) is 11.5. The molecule has 0 bridgehead atoms. The van der Waals surface area contributed by atoms with Gasteiger partial charge in [-0.05, 0) is 76.2 Å². The molecule has 0 aromatic rings. The molecule has 3 unspecified atom stereocenters. The molecule has 0 aliphatic carbocycles. The van der Waals surface area contributed by atoms with Gasteiger partial charge >= 0.3 is 0 Å². The highest BCUT2D eigenvalue weighted by atomic mass is 16.7. The van der Waals surface area contributed by atoms with Crippen molar-refractivity contribution < 1.29 is 18.9 Å². The van der Waals surface area contributed by atoms with E-state index in [2.05, 4.69) is 13.0 Å². The molecule has 5 nitrogen and oxygen atoms in total. The molecule has 3 aliphatic heterocycles. The average Bonchev–Trinajstić information content (AvgIpc) is 3.09. The standard InChI is InChI=1S/C23H39NO4/c1-19-18-24-21(11-3-7-15-26-23-13-5-9-17-28-23)20(19)10-2-6-14-25-22-12-4-8-16-27-22/h10,19,22-23H,2-9,11-18H2,1H3/b20-10+. The summed E-state index contributed by atoms with van der Waals surface area (Å²) in [7, 11) is 0. The van der Waals surface area contributed by atoms with Crippen LogP contribution in [0.2, 0.25) is 0 Å². The minimum Gasteiger partial charge on any atom is -0.353 e. The Kier molecular flexibility index (Phi) is 9.98. The van der Waals surface area contributed by atoms with Gasteiger partial charge in [0.05, 0.1) is 6.61 Å². The van der Waals surface area contributed by atoms with Gasteiger partial charge in [0.2, 0.25) is 0 Å². The van der Waals surface area contributed by atoms with Crippen molar-refractivity contribution >= 4 is 5.71 Å². The van der Waals surface area contributed by atoms with Crippen molar-refractivity contribution in [1.29, 1.82) is 0 Å². The van der Waals surface area contributed by atoms with Crippen LogP contribution in [-0.2, 0) is 18.9 Å². The van der Waals surface area contributed by atoms with Crippen molar-refractivity contribution in [2.24, 2.45) is 10.9 Å². The van der Waals surface area contributed by atoms with Crippen molar-refractivity contribution in [3.8, 4) is 0 Å². The highest BCUT2D eigenvalue weighted by Crippen LogP contribution is 2.24. The Balaban J connectivity index is 1.27. The van der Waals surface area contributed by atoms with Crippen LogP contribution in [0.4, 0.5) is 0 Å². The van der Waals surface area contributed by atoms with Gasteiger partial charge in [0, 0.05) is 38.0 Å². The van der Waals surface area contributed by atoms with E-state index in [9.17, 15) is 0 Å². The van der Waals surface area contributed by atoms with Crippen LogP contribution >= 0.6 is 0 Å². The molecule has 3 rings (SSSR count). The number of hydrogen-bond donors (Lipinski definition) is 0. The Hall–Kier alpha value is -0.750. The third-order valence-electron chi connectivity index (χ3n) is 5.82. The summed E-state index contributed by atoms with van der Waals surface area (Å²) in [5.41, 5.74) is 2.78. The molecule has 2 saturated heterocycles. The number of hydrogen-bond acceptors (Lipinski definition) is 5. The summed E-state index contributed by atoms with van der Waals surface area (Å²) in [5, 5.41) is 0. The fourth-order valence-corrected chi connectivity index (χ4v) is 4.11. The van der Waals surface area contributed by atoms with Gasteiger partial charge in [-0.25, -0.2) is 0 Å². The van der Waals surface area contributed by atoms with E-state index in [1.54, 1.807) is 0 Å². The van der Waals surface area contributed by atoms with Crippen molar-refractivity contribution in [3.63, 3.8) is 0 Å². The first-order valence-corrected chi connectivity index (χ1v) is 11.5. The Labute approximate surface area is 170 Å². The zero-order valence-electron chi connectivity index (χ0n) is 17.7. The molecule has 0 spiro atoms. The lowest BCUT2D eigenvalue weighted by Gasteiger charge is -2.22. The van der Waals surface area contributed by atoms with Crippen molar-refractivity contribution in [1.82, 2.24) is 0 Å². The van der Waals surface area contributed by atoms with E-state index in [1.807, 2.05) is 0 Å². The Morgan fingerprint density at radius 3 is 2.25 bits per heavy atom. The molecule has 0 aromatic carbocycles. The fraction of sp³-hybridized carbons (Fsp3) is 0.870. The molecule has 0 amide bonds. The second kappa shape index (κ2) is 12.7. The summed E-state index contributed by atoms with van der Waals surface area (Å²) in [4.78, 5) is 4.79. The van der Waals surface area contributed by atoms with Crippen LogP contribution in [0.3, 0.4) is 0 Å². The van der Waals surface area contributed by atoms with E-state index in [-0.39, 0.29) is 12.6 Å². The number of aliphatic imine (C=N–C) groups is 1. The molecular weight excluding hydrogens is 354 g/mol. The van der Waals surface area contributed by atoms with Gasteiger partial charge in [-0.3, -0.25) is 4.99 Å². The summed E-state index contributed by atoms with van der Waals surface area (Å²) in [6, 6.07) is 0. The van der Waals surface area contributed by atoms with E-state index in [0.29, 0.717) is 5.92 Å². The first-order chi connectivity index (χ1) is 13.8.